The van der Waals surface area contributed by atoms with Gasteiger partial charge in [0.1, 0.15) is 23.1 Å². The van der Waals surface area contributed by atoms with Crippen molar-refractivity contribution in [3.63, 3.8) is 0 Å². The fraction of sp³-hybridized carbons (Fsp3) is 0.333. The molecule has 1 unspecified atom stereocenters. The number of allylic oxidation sites excluding steroid dienone is 2. The number of carboxylic acids is 1. The molecule has 1 heterocycles. The molecular weight excluding hydrogens is 499 g/mol. The van der Waals surface area contributed by atoms with Crippen LogP contribution in [0.15, 0.2) is 66.8 Å². The summed E-state index contributed by atoms with van der Waals surface area (Å²) < 4.78 is 46.6. The van der Waals surface area contributed by atoms with E-state index >= 15 is 0 Å². The van der Waals surface area contributed by atoms with E-state index < -0.39 is 45.3 Å². The Hall–Kier alpha value is -3.50. The summed E-state index contributed by atoms with van der Waals surface area (Å²) in [5, 5.41) is 9.93. The number of aliphatic carboxylic acids is 1. The minimum Gasteiger partial charge on any atom is -0.496 e. The maximum atomic E-state index is 14.8. The summed E-state index contributed by atoms with van der Waals surface area (Å²) in [5.74, 6) is -1.89. The van der Waals surface area contributed by atoms with E-state index in [9.17, 15) is 27.5 Å². The number of halogens is 1. The number of benzene rings is 2. The molecule has 196 valence electrons. The first-order valence-electron chi connectivity index (χ1n) is 11.8. The van der Waals surface area contributed by atoms with Gasteiger partial charge >= 0.3 is 5.97 Å². The number of hydrogen-bond donors (Lipinski definition) is 1. The van der Waals surface area contributed by atoms with Crippen LogP contribution in [0.1, 0.15) is 36.4 Å². The average Bonchev–Trinajstić information content (AvgIpc) is 3.33. The minimum atomic E-state index is -3.90. The number of likely N-dealkylation sites (tertiary alicyclic amines) is 1. The lowest BCUT2D eigenvalue weighted by atomic mass is 9.84. The summed E-state index contributed by atoms with van der Waals surface area (Å²) in [6.45, 7) is 0. The second kappa shape index (κ2) is 10.1. The molecule has 8 nitrogen and oxygen atoms in total. The highest BCUT2D eigenvalue weighted by Gasteiger charge is 2.53. The van der Waals surface area contributed by atoms with Crippen LogP contribution in [-0.4, -0.2) is 66.6 Å². The van der Waals surface area contributed by atoms with Gasteiger partial charge in [-0.15, -0.1) is 0 Å². The number of methoxy groups -OCH3 is 1. The Morgan fingerprint density at radius 1 is 1.14 bits per heavy atom. The zero-order valence-electron chi connectivity index (χ0n) is 20.8. The van der Waals surface area contributed by atoms with Gasteiger partial charge in [-0.3, -0.25) is 4.79 Å². The Bertz CT molecular complexity index is 1390. The molecule has 0 bridgehead atoms. The quantitative estimate of drug-likeness (QED) is 0.589. The Kier molecular flexibility index (Phi) is 7.25. The van der Waals surface area contributed by atoms with Gasteiger partial charge in [-0.05, 0) is 37.0 Å². The summed E-state index contributed by atoms with van der Waals surface area (Å²) in [5.41, 5.74) is -0.0507. The number of ether oxygens (including phenoxy) is 1. The van der Waals surface area contributed by atoms with Crippen molar-refractivity contribution in [1.29, 1.82) is 0 Å². The molecule has 4 rings (SSSR count). The van der Waals surface area contributed by atoms with E-state index in [1.54, 1.807) is 31.4 Å². The second-order valence-corrected chi connectivity index (χ2v) is 11.2. The second-order valence-electron chi connectivity index (χ2n) is 9.23. The van der Waals surface area contributed by atoms with Gasteiger partial charge < -0.3 is 14.7 Å². The highest BCUT2D eigenvalue weighted by Crippen LogP contribution is 2.43. The normalized spacial score (nSPS) is 23.7. The number of para-hydroxylation sites is 1. The molecule has 1 fully saturated rings. The summed E-state index contributed by atoms with van der Waals surface area (Å²) in [4.78, 5) is 27.6. The van der Waals surface area contributed by atoms with Crippen LogP contribution >= 0.6 is 0 Å². The van der Waals surface area contributed by atoms with E-state index in [0.717, 1.165) is 26.6 Å². The first-order chi connectivity index (χ1) is 17.5. The van der Waals surface area contributed by atoms with Gasteiger partial charge in [-0.25, -0.2) is 17.6 Å². The molecule has 2 aliphatic rings. The third kappa shape index (κ3) is 4.78. The molecule has 0 spiro atoms. The molecule has 1 saturated heterocycles. The summed E-state index contributed by atoms with van der Waals surface area (Å²) >= 11 is 0. The van der Waals surface area contributed by atoms with Crippen molar-refractivity contribution in [2.45, 2.75) is 36.9 Å². The van der Waals surface area contributed by atoms with Gasteiger partial charge in [0, 0.05) is 18.2 Å². The fourth-order valence-corrected chi connectivity index (χ4v) is 5.95. The molecule has 3 atom stereocenters. The van der Waals surface area contributed by atoms with Crippen LogP contribution in [0.5, 0.6) is 5.75 Å². The van der Waals surface area contributed by atoms with E-state index in [2.05, 4.69) is 0 Å². The monoisotopic (exact) mass is 528 g/mol. The van der Waals surface area contributed by atoms with Crippen LogP contribution in [-0.2, 0) is 19.6 Å². The number of rotatable bonds is 7. The smallest absolute Gasteiger partial charge is 0.326 e. The largest absolute Gasteiger partial charge is 0.496 e. The lowest BCUT2D eigenvalue weighted by Crippen LogP contribution is -2.61. The van der Waals surface area contributed by atoms with Gasteiger partial charge in [0.2, 0.25) is 15.9 Å². The molecule has 10 heteroatoms. The highest BCUT2D eigenvalue weighted by molar-refractivity contribution is 7.88. The average molecular weight is 529 g/mol. The van der Waals surface area contributed by atoms with Crippen molar-refractivity contribution < 1.29 is 32.2 Å². The van der Waals surface area contributed by atoms with Crippen molar-refractivity contribution in [3.05, 3.63) is 83.7 Å². The number of carbonyl (C=O) groups is 2. The van der Waals surface area contributed by atoms with Crippen molar-refractivity contribution in [2.75, 3.05) is 20.4 Å². The fourth-order valence-electron chi connectivity index (χ4n) is 5.15. The van der Waals surface area contributed by atoms with Gasteiger partial charge in [0.25, 0.3) is 0 Å². The lowest BCUT2D eigenvalue weighted by molar-refractivity contribution is -0.153. The zero-order chi connectivity index (χ0) is 27.0. The first kappa shape index (κ1) is 26.6. The van der Waals surface area contributed by atoms with Crippen LogP contribution in [0.2, 0.25) is 0 Å². The number of carboxylic acid groups (broad SMARTS) is 1. The first-order valence-corrected chi connectivity index (χ1v) is 13.6. The van der Waals surface area contributed by atoms with Crippen LogP contribution in [0.4, 0.5) is 4.39 Å². The molecule has 1 aliphatic carbocycles. The SMILES string of the molecule is COc1ccccc1C1=CCC(C(=O)N2[C@@H](c3ccccc3F)CC[C@H]2C(=O)O)(N(C)S(C)(=O)=O)C=C1. The molecule has 37 heavy (non-hydrogen) atoms. The van der Waals surface area contributed by atoms with Crippen LogP contribution in [0.3, 0.4) is 0 Å². The Morgan fingerprint density at radius 3 is 2.41 bits per heavy atom. The van der Waals surface area contributed by atoms with Crippen molar-refractivity contribution in [1.82, 2.24) is 9.21 Å². The van der Waals surface area contributed by atoms with Crippen molar-refractivity contribution >= 4 is 27.5 Å². The predicted molar refractivity (Wildman–Crippen MR) is 137 cm³/mol. The van der Waals surface area contributed by atoms with Gasteiger partial charge in [-0.2, -0.15) is 4.31 Å². The maximum absolute atomic E-state index is 14.8. The van der Waals surface area contributed by atoms with E-state index in [4.69, 9.17) is 4.74 Å². The third-order valence-electron chi connectivity index (χ3n) is 7.19. The molecule has 2 aromatic rings. The zero-order valence-corrected chi connectivity index (χ0v) is 21.6. The lowest BCUT2D eigenvalue weighted by Gasteiger charge is -2.43. The van der Waals surface area contributed by atoms with Crippen molar-refractivity contribution in [3.8, 4) is 5.75 Å². The molecule has 1 N–H and O–H groups in total. The van der Waals surface area contributed by atoms with Gasteiger partial charge in [0.05, 0.1) is 19.4 Å². The van der Waals surface area contributed by atoms with E-state index in [1.807, 2.05) is 18.2 Å². The van der Waals surface area contributed by atoms with Crippen LogP contribution in [0, 0.1) is 5.82 Å². The predicted octanol–water partition coefficient (Wildman–Crippen LogP) is 3.62. The molecule has 0 radical (unpaired) electrons. The Balaban J connectivity index is 1.81. The standard InChI is InChI=1S/C27H29FN2O6S/c1-29(37(3,34)35)27(16-14-18(15-17-27)19-8-5-7-11-24(19)36-2)26(33)30-22(12-13-23(30)25(31)32)20-9-4-6-10-21(20)28/h4-11,14-16,22-23H,12-13,17H2,1-3H3,(H,31,32)/t22-,23+,27?/m1/s1. The maximum Gasteiger partial charge on any atom is 0.326 e. The summed E-state index contributed by atoms with van der Waals surface area (Å²) in [7, 11) is -1.06. The molecule has 1 aliphatic heterocycles. The molecule has 1 amide bonds. The Morgan fingerprint density at radius 2 is 1.81 bits per heavy atom. The topological polar surface area (TPSA) is 104 Å². The molecular formula is C27H29FN2O6S. The number of likely N-dealkylation sites (N-methyl/N-ethyl adjacent to an activating group) is 1. The van der Waals surface area contributed by atoms with E-state index in [1.165, 1.54) is 31.3 Å². The Labute approximate surface area is 215 Å². The minimum absolute atomic E-state index is 0.0495. The van der Waals surface area contributed by atoms with E-state index in [0.29, 0.717) is 5.75 Å². The third-order valence-corrected chi connectivity index (χ3v) is 8.51. The number of sulfonamides is 1. The van der Waals surface area contributed by atoms with Gasteiger partial charge in [0.15, 0.2) is 0 Å². The van der Waals surface area contributed by atoms with E-state index in [-0.39, 0.29) is 24.8 Å². The highest BCUT2D eigenvalue weighted by atomic mass is 32.2. The van der Waals surface area contributed by atoms with Crippen LogP contribution < -0.4 is 4.74 Å². The number of hydrogen-bond acceptors (Lipinski definition) is 5. The molecule has 2 aromatic carbocycles. The summed E-state index contributed by atoms with van der Waals surface area (Å²) in [6, 6.07) is 11.1. The van der Waals surface area contributed by atoms with Gasteiger partial charge in [-0.1, -0.05) is 54.6 Å². The van der Waals surface area contributed by atoms with Crippen LogP contribution in [0.25, 0.3) is 5.57 Å². The number of nitrogens with zero attached hydrogens (tertiary/aromatic N) is 2. The van der Waals surface area contributed by atoms with Crippen molar-refractivity contribution in [2.24, 2.45) is 0 Å². The molecule has 0 aromatic heterocycles. The number of amides is 1. The number of carbonyl (C=O) groups excluding carboxylic acids is 1. The summed E-state index contributed by atoms with van der Waals surface area (Å²) in [6.07, 6.45) is 6.16. The molecule has 0 saturated carbocycles.